The predicted molar refractivity (Wildman–Crippen MR) is 128 cm³/mol. The number of nitrogens with one attached hydrogen (secondary N) is 1. The van der Waals surface area contributed by atoms with Gasteiger partial charge in [0.15, 0.2) is 9.84 Å². The van der Waals surface area contributed by atoms with Crippen molar-refractivity contribution in [3.05, 3.63) is 54.5 Å². The van der Waals surface area contributed by atoms with Crippen molar-refractivity contribution in [2.75, 3.05) is 5.32 Å². The molecule has 11 heteroatoms. The van der Waals surface area contributed by atoms with Gasteiger partial charge in [0.2, 0.25) is 5.91 Å². The van der Waals surface area contributed by atoms with Crippen LogP contribution in [0.25, 0.3) is 21.1 Å². The Morgan fingerprint density at radius 2 is 1.91 bits per heavy atom. The van der Waals surface area contributed by atoms with Crippen LogP contribution in [0.3, 0.4) is 0 Å². The van der Waals surface area contributed by atoms with Gasteiger partial charge in [0.25, 0.3) is 0 Å². The van der Waals surface area contributed by atoms with Crippen molar-refractivity contribution in [2.24, 2.45) is 5.73 Å². The highest BCUT2D eigenvalue weighted by atomic mass is 32.2. The Morgan fingerprint density at radius 3 is 2.64 bits per heavy atom. The molecule has 2 aromatic carbocycles. The third-order valence-electron chi connectivity index (χ3n) is 4.82. The second-order valence-corrected chi connectivity index (χ2v) is 11.7. The molecule has 9 nitrogen and oxygen atoms in total. The molecular formula is C22H21N5O4S2. The number of nitrogens with two attached hydrogens (primary N) is 1. The van der Waals surface area contributed by atoms with Crippen LogP contribution in [0.5, 0.6) is 5.75 Å². The maximum absolute atomic E-state index is 13.3. The summed E-state index contributed by atoms with van der Waals surface area (Å²) in [6.07, 6.45) is 3.42. The Kier molecular flexibility index (Phi) is 5.76. The predicted octanol–water partition coefficient (Wildman–Crippen LogP) is 3.93. The quantitative estimate of drug-likeness (QED) is 0.311. The van der Waals surface area contributed by atoms with E-state index < -0.39 is 20.5 Å². The first-order valence-corrected chi connectivity index (χ1v) is 12.2. The number of primary amides is 1. The molecule has 170 valence electrons. The zero-order valence-corrected chi connectivity index (χ0v) is 19.7. The van der Waals surface area contributed by atoms with Crippen molar-refractivity contribution in [2.45, 2.75) is 30.4 Å². The topological polar surface area (TPSA) is 137 Å². The number of benzene rings is 2. The molecule has 0 fully saturated rings. The van der Waals surface area contributed by atoms with Crippen LogP contribution in [0.4, 0.5) is 11.5 Å². The van der Waals surface area contributed by atoms with E-state index in [0.29, 0.717) is 16.7 Å². The number of sulfone groups is 1. The summed E-state index contributed by atoms with van der Waals surface area (Å²) in [6.45, 7) is 4.79. The number of carbonyl (C=O) groups is 1. The molecule has 0 atom stereocenters. The molecule has 0 saturated carbocycles. The van der Waals surface area contributed by atoms with Crippen molar-refractivity contribution in [1.82, 2.24) is 15.0 Å². The molecule has 1 amide bonds. The minimum absolute atomic E-state index is 0.0310. The minimum atomic E-state index is -3.83. The Morgan fingerprint density at radius 1 is 1.12 bits per heavy atom. The summed E-state index contributed by atoms with van der Waals surface area (Å²) in [6, 6.07) is 8.71. The van der Waals surface area contributed by atoms with Crippen LogP contribution in [0.2, 0.25) is 0 Å². The second kappa shape index (κ2) is 8.41. The molecule has 0 bridgehead atoms. The average molecular weight is 484 g/mol. The van der Waals surface area contributed by atoms with Gasteiger partial charge >= 0.3 is 0 Å². The molecule has 4 rings (SSSR count). The van der Waals surface area contributed by atoms with Gasteiger partial charge in [0.1, 0.15) is 22.8 Å². The number of aromatic nitrogens is 3. The summed E-state index contributed by atoms with van der Waals surface area (Å²) < 4.78 is 32.1. The zero-order chi connectivity index (χ0) is 23.8. The maximum atomic E-state index is 13.3. The Labute approximate surface area is 194 Å². The van der Waals surface area contributed by atoms with Crippen LogP contribution < -0.4 is 15.8 Å². The van der Waals surface area contributed by atoms with Crippen LogP contribution in [0.1, 0.15) is 20.8 Å². The van der Waals surface area contributed by atoms with Gasteiger partial charge in [-0.25, -0.2) is 23.4 Å². The summed E-state index contributed by atoms with van der Waals surface area (Å²) in [5.74, 6) is -0.260. The number of hydrogen-bond acceptors (Lipinski definition) is 9. The molecule has 3 N–H and O–H groups in total. The van der Waals surface area contributed by atoms with Crippen LogP contribution in [-0.4, -0.2) is 34.0 Å². The fraction of sp³-hybridized carbons (Fsp3) is 0.182. The minimum Gasteiger partial charge on any atom is -0.463 e. The second-order valence-electron chi connectivity index (χ2n) is 8.14. The van der Waals surface area contributed by atoms with E-state index in [9.17, 15) is 13.2 Å². The van der Waals surface area contributed by atoms with E-state index in [-0.39, 0.29) is 10.6 Å². The number of anilines is 2. The molecule has 33 heavy (non-hydrogen) atoms. The molecule has 0 saturated heterocycles. The Balaban J connectivity index is 1.86. The summed E-state index contributed by atoms with van der Waals surface area (Å²) in [7, 11) is -3.83. The first-order valence-electron chi connectivity index (χ1n) is 9.82. The van der Waals surface area contributed by atoms with E-state index in [4.69, 9.17) is 10.5 Å². The molecule has 0 aliphatic carbocycles. The van der Waals surface area contributed by atoms with Gasteiger partial charge in [-0.05, 0) is 45.0 Å². The van der Waals surface area contributed by atoms with E-state index >= 15 is 0 Å². The Bertz CT molecular complexity index is 1500. The summed E-state index contributed by atoms with van der Waals surface area (Å²) >= 11 is 1.54. The lowest BCUT2D eigenvalue weighted by atomic mass is 10.2. The first-order chi connectivity index (χ1) is 15.6. The van der Waals surface area contributed by atoms with Gasteiger partial charge in [0, 0.05) is 23.2 Å². The molecule has 0 unspecified atom stereocenters. The van der Waals surface area contributed by atoms with Crippen molar-refractivity contribution < 1.29 is 17.9 Å². The number of carbonyl (C=O) groups excluding carboxylic acids is 1. The zero-order valence-electron chi connectivity index (χ0n) is 18.1. The van der Waals surface area contributed by atoms with Gasteiger partial charge < -0.3 is 15.8 Å². The third kappa shape index (κ3) is 4.50. The van der Waals surface area contributed by atoms with Crippen molar-refractivity contribution in [1.29, 1.82) is 0 Å². The van der Waals surface area contributed by atoms with Gasteiger partial charge in [-0.3, -0.25) is 4.79 Å². The fourth-order valence-corrected chi connectivity index (χ4v) is 5.01. The van der Waals surface area contributed by atoms with Crippen LogP contribution in [0, 0.1) is 0 Å². The number of thiazole rings is 1. The number of hydrogen-bond donors (Lipinski definition) is 2. The highest BCUT2D eigenvalue weighted by molar-refractivity contribution is 7.92. The average Bonchev–Trinajstić information content (AvgIpc) is 3.20. The van der Waals surface area contributed by atoms with E-state index in [1.807, 2.05) is 18.2 Å². The lowest BCUT2D eigenvalue weighted by Gasteiger charge is -2.21. The number of fused-ring (bicyclic) bond motifs is 2. The first kappa shape index (κ1) is 22.6. The largest absolute Gasteiger partial charge is 0.463 e. The number of ether oxygens (including phenoxy) is 1. The summed E-state index contributed by atoms with van der Waals surface area (Å²) in [5, 5.41) is 3.72. The fourth-order valence-electron chi connectivity index (χ4n) is 3.04. The van der Waals surface area contributed by atoms with E-state index in [2.05, 4.69) is 20.3 Å². The van der Waals surface area contributed by atoms with Gasteiger partial charge in [-0.15, -0.1) is 11.3 Å². The van der Waals surface area contributed by atoms with E-state index in [1.54, 1.807) is 37.6 Å². The van der Waals surface area contributed by atoms with Gasteiger partial charge in [-0.2, -0.15) is 0 Å². The molecule has 2 aromatic heterocycles. The van der Waals surface area contributed by atoms with E-state index in [1.165, 1.54) is 18.5 Å². The smallest absolute Gasteiger partial charge is 0.244 e. The molecule has 0 aliphatic rings. The van der Waals surface area contributed by atoms with Gasteiger partial charge in [-0.1, -0.05) is 0 Å². The SMILES string of the molecule is CC(C)(C)S(=O)(=O)c1cc2c(Nc3ccc4scnc4c3)ncnc2cc1OC=CC(N)=O. The molecule has 0 radical (unpaired) electrons. The lowest BCUT2D eigenvalue weighted by Crippen LogP contribution is -2.28. The summed E-state index contributed by atoms with van der Waals surface area (Å²) in [5.41, 5.74) is 8.92. The number of nitrogens with zero attached hydrogens (tertiary/aromatic N) is 3. The molecule has 0 aliphatic heterocycles. The molecule has 0 spiro atoms. The normalized spacial score (nSPS) is 12.5. The Hall–Kier alpha value is -3.57. The van der Waals surface area contributed by atoms with Crippen LogP contribution >= 0.6 is 11.3 Å². The highest BCUT2D eigenvalue weighted by Gasteiger charge is 2.34. The lowest BCUT2D eigenvalue weighted by molar-refractivity contribution is -0.113. The number of rotatable bonds is 6. The van der Waals surface area contributed by atoms with Crippen LogP contribution in [0.15, 0.2) is 59.4 Å². The third-order valence-corrected chi connectivity index (χ3v) is 8.14. The standard InChI is InChI=1S/C22H21N5O4S2/c1-22(2,3)33(29,30)19-9-14-15(10-17(19)31-7-6-20(23)28)24-11-25-21(14)27-13-4-5-18-16(8-13)26-12-32-18/h4-12H,1-3H3,(H2,23,28)(H,24,25,27). The monoisotopic (exact) mass is 483 g/mol. The van der Waals surface area contributed by atoms with Gasteiger partial charge in [0.05, 0.1) is 32.3 Å². The highest BCUT2D eigenvalue weighted by Crippen LogP contribution is 2.37. The van der Waals surface area contributed by atoms with Crippen molar-refractivity contribution in [3.63, 3.8) is 0 Å². The maximum Gasteiger partial charge on any atom is 0.244 e. The van der Waals surface area contributed by atoms with Crippen molar-refractivity contribution >= 4 is 59.7 Å². The summed E-state index contributed by atoms with van der Waals surface area (Å²) in [4.78, 5) is 23.9. The molecule has 2 heterocycles. The van der Waals surface area contributed by atoms with Crippen molar-refractivity contribution in [3.8, 4) is 5.75 Å². The molecule has 4 aromatic rings. The molecular weight excluding hydrogens is 462 g/mol. The van der Waals surface area contributed by atoms with Crippen LogP contribution in [-0.2, 0) is 14.6 Å². The van der Waals surface area contributed by atoms with E-state index in [0.717, 1.165) is 28.2 Å². The number of amides is 1.